The highest BCUT2D eigenvalue weighted by atomic mass is 16.5. The molecule has 1 fully saturated rings. The summed E-state index contributed by atoms with van der Waals surface area (Å²) in [5, 5.41) is 31.3. The van der Waals surface area contributed by atoms with Crippen LogP contribution < -0.4 is 0 Å². The lowest BCUT2D eigenvalue weighted by Crippen LogP contribution is -2.31. The molecule has 3 N–H and O–H groups in total. The van der Waals surface area contributed by atoms with E-state index in [1.165, 1.54) is 57.8 Å². The molecule has 42 heavy (non-hydrogen) atoms. The van der Waals surface area contributed by atoms with Crippen LogP contribution in [0, 0.1) is 0 Å². The van der Waals surface area contributed by atoms with Gasteiger partial charge >= 0.3 is 5.97 Å². The number of cyclic esters (lactones) is 1. The first-order valence-electron chi connectivity index (χ1n) is 17.1. The fourth-order valence-corrected chi connectivity index (χ4v) is 6.02. The smallest absolute Gasteiger partial charge is 0.334 e. The Hall–Kier alpha value is -1.54. The number of hydrogen-bond donors (Lipinski definition) is 3. The molecule has 2 aliphatic rings. The Morgan fingerprint density at radius 1 is 0.857 bits per heavy atom. The molecule has 0 spiro atoms. The molecule has 1 saturated heterocycles. The number of aliphatic hydroxyl groups excluding tert-OH is 3. The van der Waals surface area contributed by atoms with Crippen molar-refractivity contribution in [3.05, 3.63) is 23.8 Å². The Bertz CT molecular complexity index is 807. The van der Waals surface area contributed by atoms with Crippen LogP contribution in [-0.4, -0.2) is 63.7 Å². The third-order valence-corrected chi connectivity index (χ3v) is 8.64. The predicted octanol–water partition coefficient (Wildman–Crippen LogP) is 7.05. The molecule has 2 aliphatic heterocycles. The van der Waals surface area contributed by atoms with Crippen LogP contribution in [0.4, 0.5) is 0 Å². The summed E-state index contributed by atoms with van der Waals surface area (Å²) in [4.78, 5) is 23.7. The molecule has 2 heterocycles. The van der Waals surface area contributed by atoms with Crippen LogP contribution in [0.15, 0.2) is 23.8 Å². The summed E-state index contributed by atoms with van der Waals surface area (Å²) in [6, 6.07) is 0. The molecule has 0 bridgehead atoms. The van der Waals surface area contributed by atoms with E-state index in [0.29, 0.717) is 31.3 Å². The Morgan fingerprint density at radius 3 is 1.95 bits per heavy atom. The summed E-state index contributed by atoms with van der Waals surface area (Å²) >= 11 is 0. The number of rotatable bonds is 25. The summed E-state index contributed by atoms with van der Waals surface area (Å²) in [6.07, 6.45) is 23.1. The second kappa shape index (κ2) is 22.0. The van der Waals surface area contributed by atoms with Gasteiger partial charge in [0.15, 0.2) is 5.78 Å². The van der Waals surface area contributed by atoms with Gasteiger partial charge in [0.25, 0.3) is 0 Å². The van der Waals surface area contributed by atoms with E-state index in [1.54, 1.807) is 25.2 Å². The average molecular weight is 593 g/mol. The number of unbranched alkanes of at least 4 members (excludes halogenated alkanes) is 11. The summed E-state index contributed by atoms with van der Waals surface area (Å²) in [5.41, 5.74) is 0.525. The van der Waals surface area contributed by atoms with E-state index in [9.17, 15) is 24.9 Å². The topological polar surface area (TPSA) is 113 Å². The van der Waals surface area contributed by atoms with Crippen molar-refractivity contribution in [3.8, 4) is 0 Å². The standard InChI is InChI=1S/C35H60O7/c1-3-4-5-6-7-8-9-10-11-14-21-31(38)33-23-24-34(42-33)32(39)22-15-12-13-18-29(36)19-16-17-20-30(37)26-28-25-27(2)41-35(28)40/h16,19,25,27,30-34,37-39H,3-15,17-18,20-24,26H2,1-2H3/b19-16+/t27-,30+,31-,32+,33+,34+/m0/s1. The van der Waals surface area contributed by atoms with Crippen LogP contribution in [0.2, 0.25) is 0 Å². The lowest BCUT2D eigenvalue weighted by molar-refractivity contribution is -0.139. The number of allylic oxidation sites excluding steroid dienone is 2. The Balaban J connectivity index is 1.44. The summed E-state index contributed by atoms with van der Waals surface area (Å²) in [5.74, 6) is -0.285. The number of aliphatic hydroxyl groups is 3. The maximum atomic E-state index is 12.1. The quantitative estimate of drug-likeness (QED) is 0.0592. The van der Waals surface area contributed by atoms with Gasteiger partial charge in [-0.2, -0.15) is 0 Å². The lowest BCUT2D eigenvalue weighted by Gasteiger charge is -2.22. The highest BCUT2D eigenvalue weighted by molar-refractivity contribution is 5.91. The molecule has 0 saturated carbocycles. The molecule has 0 radical (unpaired) electrons. The van der Waals surface area contributed by atoms with E-state index >= 15 is 0 Å². The Kier molecular flexibility index (Phi) is 19.2. The van der Waals surface area contributed by atoms with Crippen molar-refractivity contribution < 1.29 is 34.4 Å². The van der Waals surface area contributed by atoms with E-state index in [1.807, 2.05) is 0 Å². The molecule has 0 aliphatic carbocycles. The van der Waals surface area contributed by atoms with Gasteiger partial charge in [0.2, 0.25) is 0 Å². The zero-order valence-electron chi connectivity index (χ0n) is 26.5. The molecule has 0 aromatic rings. The van der Waals surface area contributed by atoms with E-state index < -0.39 is 18.3 Å². The van der Waals surface area contributed by atoms with Crippen LogP contribution in [-0.2, 0) is 19.1 Å². The second-order valence-corrected chi connectivity index (χ2v) is 12.6. The number of ether oxygens (including phenoxy) is 2. The maximum Gasteiger partial charge on any atom is 0.334 e. The molecule has 2 rings (SSSR count). The molecule has 0 unspecified atom stereocenters. The van der Waals surface area contributed by atoms with Gasteiger partial charge in [-0.25, -0.2) is 4.79 Å². The fraction of sp³-hybridized carbons (Fsp3) is 0.829. The summed E-state index contributed by atoms with van der Waals surface area (Å²) < 4.78 is 11.1. The van der Waals surface area contributed by atoms with Gasteiger partial charge in [-0.15, -0.1) is 0 Å². The van der Waals surface area contributed by atoms with Gasteiger partial charge in [0.1, 0.15) is 6.10 Å². The van der Waals surface area contributed by atoms with Crippen molar-refractivity contribution in [2.24, 2.45) is 0 Å². The van der Waals surface area contributed by atoms with Crippen molar-refractivity contribution in [1.29, 1.82) is 0 Å². The molecular formula is C35H60O7. The van der Waals surface area contributed by atoms with Crippen LogP contribution in [0.5, 0.6) is 0 Å². The number of carbonyl (C=O) groups excluding carboxylic acids is 2. The number of ketones is 1. The zero-order chi connectivity index (χ0) is 30.6. The Labute approximate surface area is 255 Å². The van der Waals surface area contributed by atoms with Crippen molar-refractivity contribution >= 4 is 11.8 Å². The van der Waals surface area contributed by atoms with Gasteiger partial charge in [-0.05, 0) is 64.0 Å². The van der Waals surface area contributed by atoms with Crippen LogP contribution in [0.25, 0.3) is 0 Å². The predicted molar refractivity (Wildman–Crippen MR) is 167 cm³/mol. The minimum Gasteiger partial charge on any atom is -0.455 e. The molecule has 242 valence electrons. The minimum absolute atomic E-state index is 0.0688. The van der Waals surface area contributed by atoms with Crippen molar-refractivity contribution in [3.63, 3.8) is 0 Å². The molecule has 0 amide bonds. The summed E-state index contributed by atoms with van der Waals surface area (Å²) in [7, 11) is 0. The highest BCUT2D eigenvalue weighted by Gasteiger charge is 2.34. The van der Waals surface area contributed by atoms with Gasteiger partial charge < -0.3 is 24.8 Å². The minimum atomic E-state index is -0.632. The number of hydrogen-bond acceptors (Lipinski definition) is 7. The first-order chi connectivity index (χ1) is 20.3. The molecule has 6 atom stereocenters. The van der Waals surface area contributed by atoms with Crippen LogP contribution in [0.3, 0.4) is 0 Å². The first kappa shape index (κ1) is 36.7. The Morgan fingerprint density at radius 2 is 1.40 bits per heavy atom. The van der Waals surface area contributed by atoms with Crippen molar-refractivity contribution in [2.75, 3.05) is 0 Å². The van der Waals surface area contributed by atoms with Gasteiger partial charge in [0, 0.05) is 18.4 Å². The fourth-order valence-electron chi connectivity index (χ4n) is 6.02. The van der Waals surface area contributed by atoms with Gasteiger partial charge in [-0.1, -0.05) is 90.0 Å². The van der Waals surface area contributed by atoms with E-state index in [2.05, 4.69) is 6.92 Å². The zero-order valence-corrected chi connectivity index (χ0v) is 26.5. The molecule has 7 nitrogen and oxygen atoms in total. The third kappa shape index (κ3) is 15.8. The molecule has 0 aromatic heterocycles. The molecular weight excluding hydrogens is 532 g/mol. The molecule has 0 aromatic carbocycles. The van der Waals surface area contributed by atoms with Crippen molar-refractivity contribution in [2.45, 2.75) is 185 Å². The van der Waals surface area contributed by atoms with Gasteiger partial charge in [0.05, 0.1) is 30.5 Å². The third-order valence-electron chi connectivity index (χ3n) is 8.64. The normalized spacial score (nSPS) is 22.8. The number of esters is 1. The van der Waals surface area contributed by atoms with E-state index in [4.69, 9.17) is 9.47 Å². The van der Waals surface area contributed by atoms with E-state index in [0.717, 1.165) is 44.9 Å². The average Bonchev–Trinajstić information content (AvgIpc) is 3.58. The highest BCUT2D eigenvalue weighted by Crippen LogP contribution is 2.28. The van der Waals surface area contributed by atoms with Crippen molar-refractivity contribution in [1.82, 2.24) is 0 Å². The maximum absolute atomic E-state index is 12.1. The largest absolute Gasteiger partial charge is 0.455 e. The summed E-state index contributed by atoms with van der Waals surface area (Å²) in [6.45, 7) is 4.04. The van der Waals surface area contributed by atoms with Crippen LogP contribution >= 0.6 is 0 Å². The number of carbonyl (C=O) groups is 2. The first-order valence-corrected chi connectivity index (χ1v) is 17.1. The second-order valence-electron chi connectivity index (χ2n) is 12.6. The van der Waals surface area contributed by atoms with Crippen LogP contribution in [0.1, 0.15) is 149 Å². The van der Waals surface area contributed by atoms with E-state index in [-0.39, 0.29) is 36.5 Å². The molecule has 7 heteroatoms. The monoisotopic (exact) mass is 592 g/mol. The van der Waals surface area contributed by atoms with Gasteiger partial charge in [-0.3, -0.25) is 4.79 Å². The SMILES string of the molecule is CCCCCCCCCCCC[C@H](O)[C@H]1CC[C@H]([C@H](O)CCCCCC(=O)/C=C/CC[C@@H](O)CC2=C[C@H](C)OC2=O)O1. The lowest BCUT2D eigenvalue weighted by atomic mass is 10.00.